The molecule has 0 N–H and O–H groups in total. The molecule has 0 aliphatic heterocycles. The molecule has 0 saturated carbocycles. The number of hydrogen-bond acceptors (Lipinski definition) is 5. The van der Waals surface area contributed by atoms with Gasteiger partial charge in [0.2, 0.25) is 11.2 Å². The summed E-state index contributed by atoms with van der Waals surface area (Å²) in [7, 11) is 0. The van der Waals surface area contributed by atoms with Crippen molar-refractivity contribution < 1.29 is 18.4 Å². The van der Waals surface area contributed by atoms with Crippen LogP contribution in [0.4, 0.5) is 0 Å². The summed E-state index contributed by atoms with van der Waals surface area (Å²) in [6.45, 7) is 0. The van der Waals surface area contributed by atoms with Crippen LogP contribution in [0.1, 0.15) is 5.76 Å². The molecule has 0 radical (unpaired) electrons. The molecule has 0 spiro atoms. The molecule has 0 atom stereocenters. The molecular formula is C22H13ClO5. The van der Waals surface area contributed by atoms with E-state index in [9.17, 15) is 9.59 Å². The molecule has 2 aromatic heterocycles. The normalized spacial score (nSPS) is 11.2. The minimum absolute atomic E-state index is 0.167. The van der Waals surface area contributed by atoms with Gasteiger partial charge >= 0.3 is 5.97 Å². The molecular weight excluding hydrogens is 380 g/mol. The average molecular weight is 393 g/mol. The third kappa shape index (κ3) is 3.61. The highest BCUT2D eigenvalue weighted by molar-refractivity contribution is 6.31. The fourth-order valence-corrected chi connectivity index (χ4v) is 2.87. The van der Waals surface area contributed by atoms with Gasteiger partial charge in [0.05, 0.1) is 11.6 Å². The first-order valence-electron chi connectivity index (χ1n) is 8.37. The Balaban J connectivity index is 1.81. The van der Waals surface area contributed by atoms with Crippen molar-refractivity contribution in [1.29, 1.82) is 0 Å². The molecule has 0 fully saturated rings. The van der Waals surface area contributed by atoms with E-state index in [4.69, 9.17) is 25.2 Å². The van der Waals surface area contributed by atoms with Crippen LogP contribution in [0.25, 0.3) is 28.4 Å². The van der Waals surface area contributed by atoms with Crippen molar-refractivity contribution >= 4 is 34.6 Å². The lowest BCUT2D eigenvalue weighted by Gasteiger charge is -2.09. The van der Waals surface area contributed by atoms with Crippen molar-refractivity contribution in [3.8, 4) is 17.1 Å². The van der Waals surface area contributed by atoms with Crippen LogP contribution in [0, 0.1) is 0 Å². The molecule has 0 amide bonds. The van der Waals surface area contributed by atoms with E-state index in [0.29, 0.717) is 21.9 Å². The van der Waals surface area contributed by atoms with Crippen molar-refractivity contribution in [1.82, 2.24) is 0 Å². The van der Waals surface area contributed by atoms with Crippen LogP contribution in [0.2, 0.25) is 5.02 Å². The molecule has 0 saturated heterocycles. The Morgan fingerprint density at radius 2 is 1.86 bits per heavy atom. The highest BCUT2D eigenvalue weighted by Gasteiger charge is 2.20. The second kappa shape index (κ2) is 7.58. The number of benzene rings is 2. The number of carbonyl (C=O) groups is 1. The zero-order valence-corrected chi connectivity index (χ0v) is 15.2. The predicted molar refractivity (Wildman–Crippen MR) is 106 cm³/mol. The lowest BCUT2D eigenvalue weighted by molar-refractivity contribution is -0.129. The summed E-state index contributed by atoms with van der Waals surface area (Å²) in [5.41, 5.74) is 0.468. The van der Waals surface area contributed by atoms with E-state index in [2.05, 4.69) is 0 Å². The molecule has 0 bridgehead atoms. The number of carbonyl (C=O) groups excluding carboxylic acids is 1. The van der Waals surface area contributed by atoms with Crippen molar-refractivity contribution in [2.75, 3.05) is 0 Å². The quantitative estimate of drug-likeness (QED) is 0.347. The maximum Gasteiger partial charge on any atom is 0.336 e. The van der Waals surface area contributed by atoms with Gasteiger partial charge in [0.1, 0.15) is 11.3 Å². The highest BCUT2D eigenvalue weighted by Crippen LogP contribution is 2.31. The first-order chi connectivity index (χ1) is 13.6. The van der Waals surface area contributed by atoms with Gasteiger partial charge in [-0.3, -0.25) is 4.79 Å². The minimum Gasteiger partial charge on any atom is -0.465 e. The fraction of sp³-hybridized carbons (Fsp3) is 0. The van der Waals surface area contributed by atoms with Gasteiger partial charge in [-0.1, -0.05) is 41.9 Å². The van der Waals surface area contributed by atoms with Gasteiger partial charge in [-0.05, 0) is 36.4 Å². The summed E-state index contributed by atoms with van der Waals surface area (Å²) in [4.78, 5) is 25.3. The zero-order valence-electron chi connectivity index (χ0n) is 14.4. The minimum atomic E-state index is -0.734. The molecule has 6 heteroatoms. The van der Waals surface area contributed by atoms with Crippen LogP contribution < -0.4 is 10.2 Å². The van der Waals surface area contributed by atoms with Gasteiger partial charge in [0.15, 0.2) is 5.76 Å². The lowest BCUT2D eigenvalue weighted by atomic mass is 10.1. The van der Waals surface area contributed by atoms with E-state index >= 15 is 0 Å². The van der Waals surface area contributed by atoms with Gasteiger partial charge in [-0.25, -0.2) is 4.79 Å². The fourth-order valence-electron chi connectivity index (χ4n) is 2.69. The summed E-state index contributed by atoms with van der Waals surface area (Å²) in [5, 5.41) is 0.604. The van der Waals surface area contributed by atoms with Crippen LogP contribution in [-0.2, 0) is 4.79 Å². The molecule has 4 aromatic rings. The van der Waals surface area contributed by atoms with Crippen LogP contribution in [0.5, 0.6) is 5.75 Å². The van der Waals surface area contributed by atoms with E-state index in [1.165, 1.54) is 24.5 Å². The average Bonchev–Trinajstić information content (AvgIpc) is 3.23. The van der Waals surface area contributed by atoms with Crippen LogP contribution >= 0.6 is 11.6 Å². The SMILES string of the molecule is O=C(/C=C/c1ccco1)Oc1c(-c2ccccc2)oc2ccc(Cl)cc2c1=O. The molecule has 0 aliphatic carbocycles. The topological polar surface area (TPSA) is 69.7 Å². The first-order valence-corrected chi connectivity index (χ1v) is 8.75. The molecule has 2 heterocycles. The molecule has 28 heavy (non-hydrogen) atoms. The summed E-state index contributed by atoms with van der Waals surface area (Å²) < 4.78 is 16.4. The predicted octanol–water partition coefficient (Wildman–Crippen LogP) is 5.33. The molecule has 2 aromatic carbocycles. The summed E-state index contributed by atoms with van der Waals surface area (Å²) in [6, 6.07) is 17.0. The van der Waals surface area contributed by atoms with E-state index in [1.807, 2.05) is 6.07 Å². The van der Waals surface area contributed by atoms with E-state index < -0.39 is 11.4 Å². The summed E-state index contributed by atoms with van der Waals surface area (Å²) in [6.07, 6.45) is 4.11. The van der Waals surface area contributed by atoms with Gasteiger partial charge in [-0.2, -0.15) is 0 Å². The molecule has 0 aliphatic rings. The van der Waals surface area contributed by atoms with Crippen molar-refractivity contribution in [2.24, 2.45) is 0 Å². The maximum absolute atomic E-state index is 13.0. The third-order valence-corrected chi connectivity index (χ3v) is 4.21. The Morgan fingerprint density at radius 3 is 2.61 bits per heavy atom. The van der Waals surface area contributed by atoms with Crippen LogP contribution in [0.3, 0.4) is 0 Å². The standard InChI is InChI=1S/C22H13ClO5/c23-15-8-10-18-17(13-15)20(25)22(21(27-18)14-5-2-1-3-6-14)28-19(24)11-9-16-7-4-12-26-16/h1-13H/b11-9+. The smallest absolute Gasteiger partial charge is 0.336 e. The van der Waals surface area contributed by atoms with Crippen LogP contribution in [-0.4, -0.2) is 5.97 Å². The Morgan fingerprint density at radius 1 is 1.04 bits per heavy atom. The number of fused-ring (bicyclic) bond motifs is 1. The Kier molecular flexibility index (Phi) is 4.83. The Labute approximate surface area is 164 Å². The second-order valence-electron chi connectivity index (χ2n) is 5.87. The van der Waals surface area contributed by atoms with Crippen molar-refractivity contribution in [3.05, 3.63) is 94.0 Å². The number of esters is 1. The van der Waals surface area contributed by atoms with Crippen molar-refractivity contribution in [2.45, 2.75) is 0 Å². The van der Waals surface area contributed by atoms with Gasteiger partial charge in [-0.15, -0.1) is 0 Å². The van der Waals surface area contributed by atoms with Gasteiger partial charge in [0.25, 0.3) is 0 Å². The largest absolute Gasteiger partial charge is 0.465 e. The van der Waals surface area contributed by atoms with Gasteiger partial charge < -0.3 is 13.6 Å². The first kappa shape index (κ1) is 17.8. The molecule has 5 nitrogen and oxygen atoms in total. The third-order valence-electron chi connectivity index (χ3n) is 3.98. The van der Waals surface area contributed by atoms with E-state index in [0.717, 1.165) is 0 Å². The Hall–Kier alpha value is -3.57. The highest BCUT2D eigenvalue weighted by atomic mass is 35.5. The number of halogens is 1. The van der Waals surface area contributed by atoms with Gasteiger partial charge in [0, 0.05) is 16.7 Å². The number of hydrogen-bond donors (Lipinski definition) is 0. The lowest BCUT2D eigenvalue weighted by Crippen LogP contribution is -2.14. The molecule has 4 rings (SSSR count). The van der Waals surface area contributed by atoms with Crippen LogP contribution in [0.15, 0.2) is 86.6 Å². The number of ether oxygens (including phenoxy) is 1. The molecule has 138 valence electrons. The van der Waals surface area contributed by atoms with Crippen molar-refractivity contribution in [3.63, 3.8) is 0 Å². The maximum atomic E-state index is 13.0. The second-order valence-corrected chi connectivity index (χ2v) is 6.30. The summed E-state index contributed by atoms with van der Waals surface area (Å²) in [5.74, 6) is -0.282. The monoisotopic (exact) mass is 392 g/mol. The molecule has 0 unspecified atom stereocenters. The summed E-state index contributed by atoms with van der Waals surface area (Å²) >= 11 is 6.00. The number of furan rings is 1. The number of rotatable bonds is 4. The van der Waals surface area contributed by atoms with E-state index in [1.54, 1.807) is 48.5 Å². The zero-order chi connectivity index (χ0) is 19.5. The van der Waals surface area contributed by atoms with E-state index in [-0.39, 0.29) is 16.9 Å². The Bertz CT molecular complexity index is 1220.